The molecule has 0 saturated carbocycles. The van der Waals surface area contributed by atoms with E-state index in [2.05, 4.69) is 26.2 Å². The van der Waals surface area contributed by atoms with Crippen LogP contribution in [-0.2, 0) is 9.73 Å². The number of halogens is 1. The molecule has 0 unspecified atom stereocenters. The average molecular weight is 419 g/mol. The standard InChI is InChI=1S/C19H23ClN6OS/c1-13-8-15(24-28(2,3)27)12-25(10-13)18-6-7-21-19(23-18)16-9-22-17-5-4-14(20)11-26(16)17/h4-7,9,11,13,15H,8,10,12H2,1-3H3/t13-,15+/m1/s1. The lowest BCUT2D eigenvalue weighted by Crippen LogP contribution is -2.42. The number of rotatable bonds is 3. The fourth-order valence-corrected chi connectivity index (χ4v) is 4.74. The third kappa shape index (κ3) is 4.12. The number of imidazole rings is 1. The topological polar surface area (TPSA) is 75.8 Å². The van der Waals surface area contributed by atoms with Crippen LogP contribution < -0.4 is 4.90 Å². The Bertz CT molecular complexity index is 1130. The molecule has 0 aliphatic carbocycles. The molecule has 28 heavy (non-hydrogen) atoms. The van der Waals surface area contributed by atoms with E-state index in [1.165, 1.54) is 0 Å². The number of hydrogen-bond donors (Lipinski definition) is 0. The van der Waals surface area contributed by atoms with Crippen LogP contribution in [0.15, 0.2) is 41.2 Å². The number of fused-ring (bicyclic) bond motifs is 1. The van der Waals surface area contributed by atoms with Gasteiger partial charge in [-0.25, -0.2) is 19.3 Å². The van der Waals surface area contributed by atoms with Crippen molar-refractivity contribution >= 4 is 32.8 Å². The van der Waals surface area contributed by atoms with Crippen molar-refractivity contribution in [2.45, 2.75) is 19.4 Å². The summed E-state index contributed by atoms with van der Waals surface area (Å²) in [5.74, 6) is 1.87. The average Bonchev–Trinajstić information content (AvgIpc) is 3.03. The van der Waals surface area contributed by atoms with Crippen molar-refractivity contribution in [3.63, 3.8) is 0 Å². The first-order valence-corrected chi connectivity index (χ1v) is 11.9. The number of hydrogen-bond acceptors (Lipinski definition) is 6. The predicted molar refractivity (Wildman–Crippen MR) is 113 cm³/mol. The summed E-state index contributed by atoms with van der Waals surface area (Å²) in [5.41, 5.74) is 1.58. The predicted octanol–water partition coefficient (Wildman–Crippen LogP) is 3.39. The molecule has 9 heteroatoms. The van der Waals surface area contributed by atoms with E-state index >= 15 is 0 Å². The van der Waals surface area contributed by atoms with E-state index in [9.17, 15) is 4.21 Å². The van der Waals surface area contributed by atoms with E-state index in [1.54, 1.807) is 24.9 Å². The Kier molecular flexibility index (Phi) is 5.01. The molecule has 1 fully saturated rings. The van der Waals surface area contributed by atoms with Gasteiger partial charge in [0, 0.05) is 47.7 Å². The van der Waals surface area contributed by atoms with Crippen LogP contribution in [0.4, 0.5) is 5.82 Å². The molecule has 0 spiro atoms. The maximum Gasteiger partial charge on any atom is 0.180 e. The highest BCUT2D eigenvalue weighted by Crippen LogP contribution is 2.26. The Morgan fingerprint density at radius 3 is 2.82 bits per heavy atom. The lowest BCUT2D eigenvalue weighted by atomic mass is 9.97. The van der Waals surface area contributed by atoms with Crippen LogP contribution in [0.1, 0.15) is 13.3 Å². The smallest absolute Gasteiger partial charge is 0.180 e. The van der Waals surface area contributed by atoms with Crippen molar-refractivity contribution in [2.75, 3.05) is 30.5 Å². The summed E-state index contributed by atoms with van der Waals surface area (Å²) >= 11 is 6.14. The molecule has 0 aromatic carbocycles. The Labute approximate surface area is 170 Å². The molecule has 4 rings (SSSR count). The number of aromatic nitrogens is 4. The van der Waals surface area contributed by atoms with Crippen molar-refractivity contribution in [1.29, 1.82) is 0 Å². The van der Waals surface area contributed by atoms with Crippen molar-refractivity contribution < 1.29 is 4.21 Å². The maximum atomic E-state index is 12.1. The molecule has 1 saturated heterocycles. The molecule has 4 heterocycles. The molecular weight excluding hydrogens is 396 g/mol. The third-order valence-electron chi connectivity index (χ3n) is 4.70. The number of piperidine rings is 1. The van der Waals surface area contributed by atoms with Crippen molar-refractivity contribution in [3.05, 3.63) is 41.8 Å². The first-order valence-electron chi connectivity index (χ1n) is 9.16. The Balaban J connectivity index is 1.68. The number of pyridine rings is 1. The van der Waals surface area contributed by atoms with Crippen molar-refractivity contribution in [1.82, 2.24) is 19.4 Å². The normalized spacial score (nSPS) is 20.5. The van der Waals surface area contributed by atoms with Gasteiger partial charge >= 0.3 is 0 Å². The molecule has 1 aliphatic heterocycles. The summed E-state index contributed by atoms with van der Waals surface area (Å²) in [5, 5.41) is 0.625. The molecule has 7 nitrogen and oxygen atoms in total. The van der Waals surface area contributed by atoms with Gasteiger partial charge in [-0.05, 0) is 30.5 Å². The molecule has 0 radical (unpaired) electrons. The van der Waals surface area contributed by atoms with Gasteiger partial charge in [0.05, 0.1) is 17.3 Å². The lowest BCUT2D eigenvalue weighted by Gasteiger charge is -2.35. The summed E-state index contributed by atoms with van der Waals surface area (Å²) in [6.45, 7) is 3.78. The molecule has 2 atom stereocenters. The second kappa shape index (κ2) is 7.33. The largest absolute Gasteiger partial charge is 0.354 e. The molecule has 0 N–H and O–H groups in total. The van der Waals surface area contributed by atoms with E-state index in [1.807, 2.05) is 28.8 Å². The second-order valence-electron chi connectivity index (χ2n) is 7.64. The van der Waals surface area contributed by atoms with Gasteiger partial charge in [-0.3, -0.25) is 8.61 Å². The summed E-state index contributed by atoms with van der Waals surface area (Å²) in [6.07, 6.45) is 9.65. The van der Waals surface area contributed by atoms with Gasteiger partial charge in [-0.2, -0.15) is 0 Å². The van der Waals surface area contributed by atoms with Gasteiger partial charge in [-0.15, -0.1) is 0 Å². The molecule has 148 valence electrons. The van der Waals surface area contributed by atoms with Crippen LogP contribution in [0, 0.1) is 5.92 Å². The van der Waals surface area contributed by atoms with E-state index in [-0.39, 0.29) is 6.04 Å². The SMILES string of the molecule is C[C@@H]1C[C@H](N=S(C)(C)=O)CN(c2ccnc(-c3cnc4ccc(Cl)cn34)n2)C1. The monoisotopic (exact) mass is 418 g/mol. The number of nitrogens with zero attached hydrogens (tertiary/aromatic N) is 6. The van der Waals surface area contributed by atoms with E-state index in [0.29, 0.717) is 23.3 Å². The fourth-order valence-electron chi connectivity index (χ4n) is 3.71. The fraction of sp³-hybridized carbons (Fsp3) is 0.421. The van der Waals surface area contributed by atoms with Gasteiger partial charge in [-0.1, -0.05) is 18.5 Å². The zero-order chi connectivity index (χ0) is 19.9. The van der Waals surface area contributed by atoms with Crippen LogP contribution in [0.5, 0.6) is 0 Å². The Morgan fingerprint density at radius 1 is 1.21 bits per heavy atom. The molecule has 3 aromatic heterocycles. The summed E-state index contributed by atoms with van der Waals surface area (Å²) in [4.78, 5) is 15.8. The molecule has 1 aliphatic rings. The minimum absolute atomic E-state index is 0.0410. The minimum atomic E-state index is -2.13. The third-order valence-corrected chi connectivity index (χ3v) is 5.73. The first kappa shape index (κ1) is 19.1. The van der Waals surface area contributed by atoms with Crippen LogP contribution >= 0.6 is 11.6 Å². The number of anilines is 1. The van der Waals surface area contributed by atoms with Gasteiger partial charge in [0.1, 0.15) is 17.2 Å². The van der Waals surface area contributed by atoms with Crippen LogP contribution in [0.2, 0.25) is 5.02 Å². The summed E-state index contributed by atoms with van der Waals surface area (Å²) in [6, 6.07) is 5.62. The maximum absolute atomic E-state index is 12.1. The van der Waals surface area contributed by atoms with Gasteiger partial charge in [0.15, 0.2) is 5.82 Å². The lowest BCUT2D eigenvalue weighted by molar-refractivity contribution is 0.402. The summed E-state index contributed by atoms with van der Waals surface area (Å²) < 4.78 is 18.6. The van der Waals surface area contributed by atoms with Crippen LogP contribution in [-0.4, -0.2) is 55.2 Å². The zero-order valence-electron chi connectivity index (χ0n) is 16.1. The van der Waals surface area contributed by atoms with Crippen molar-refractivity contribution in [3.8, 4) is 11.5 Å². The molecule has 0 amide bonds. The quantitative estimate of drug-likeness (QED) is 0.651. The van der Waals surface area contributed by atoms with Gasteiger partial charge in [0.2, 0.25) is 0 Å². The molecule has 0 bridgehead atoms. The highest BCUT2D eigenvalue weighted by Gasteiger charge is 2.26. The first-order chi connectivity index (χ1) is 13.3. The van der Waals surface area contributed by atoms with E-state index in [4.69, 9.17) is 16.6 Å². The van der Waals surface area contributed by atoms with Crippen molar-refractivity contribution in [2.24, 2.45) is 10.3 Å². The second-order valence-corrected chi connectivity index (χ2v) is 10.7. The van der Waals surface area contributed by atoms with Crippen LogP contribution in [0.25, 0.3) is 17.2 Å². The zero-order valence-corrected chi connectivity index (χ0v) is 17.7. The van der Waals surface area contributed by atoms with Crippen LogP contribution in [0.3, 0.4) is 0 Å². The van der Waals surface area contributed by atoms with E-state index < -0.39 is 9.73 Å². The van der Waals surface area contributed by atoms with E-state index in [0.717, 1.165) is 30.1 Å². The highest BCUT2D eigenvalue weighted by atomic mass is 35.5. The highest BCUT2D eigenvalue weighted by molar-refractivity contribution is 7.92. The van der Waals surface area contributed by atoms with Gasteiger partial charge < -0.3 is 4.90 Å². The summed E-state index contributed by atoms with van der Waals surface area (Å²) in [7, 11) is -2.13. The van der Waals surface area contributed by atoms with Gasteiger partial charge in [0.25, 0.3) is 0 Å². The Morgan fingerprint density at radius 2 is 2.04 bits per heavy atom. The Hall–Kier alpha value is -2.19. The minimum Gasteiger partial charge on any atom is -0.354 e. The molecule has 3 aromatic rings. The molecular formula is C19H23ClN6OS.